The lowest BCUT2D eigenvalue weighted by atomic mass is 9.95. The van der Waals surface area contributed by atoms with Crippen molar-refractivity contribution in [3.63, 3.8) is 0 Å². The molecule has 0 fully saturated rings. The molecule has 39 heavy (non-hydrogen) atoms. The topological polar surface area (TPSA) is 196 Å². The van der Waals surface area contributed by atoms with Gasteiger partial charge in [-0.05, 0) is 45.6 Å². The summed E-state index contributed by atoms with van der Waals surface area (Å²) < 4.78 is 11.8. The van der Waals surface area contributed by atoms with Gasteiger partial charge in [-0.1, -0.05) is 30.3 Å². The minimum absolute atomic E-state index is 0.0247. The quantitative estimate of drug-likeness (QED) is 0.192. The maximum absolute atomic E-state index is 12.4. The monoisotopic (exact) mass is 589 g/mol. The summed E-state index contributed by atoms with van der Waals surface area (Å²) in [6, 6.07) is 14.4. The van der Waals surface area contributed by atoms with Crippen LogP contribution in [-0.4, -0.2) is 37.1 Å². The normalized spacial score (nSPS) is 13.5. The Labute approximate surface area is 232 Å². The molecule has 0 saturated carbocycles. The van der Waals surface area contributed by atoms with E-state index in [4.69, 9.17) is 26.2 Å². The van der Waals surface area contributed by atoms with Crippen molar-refractivity contribution >= 4 is 45.1 Å². The number of nitriles is 2. The van der Waals surface area contributed by atoms with Crippen LogP contribution in [0.1, 0.15) is 28.3 Å². The van der Waals surface area contributed by atoms with Crippen LogP contribution in [-0.2, 0) is 11.2 Å². The number of benzene rings is 2. The molecular formula is C26H24BrN9O3. The summed E-state index contributed by atoms with van der Waals surface area (Å²) in [5, 5.41) is 26.8. The van der Waals surface area contributed by atoms with Crippen LogP contribution in [0.25, 0.3) is 0 Å². The lowest BCUT2D eigenvalue weighted by Crippen LogP contribution is -2.32. The highest BCUT2D eigenvalue weighted by atomic mass is 79.9. The molecule has 2 aromatic carbocycles. The van der Waals surface area contributed by atoms with Crippen molar-refractivity contribution in [2.75, 3.05) is 37.0 Å². The van der Waals surface area contributed by atoms with E-state index in [1.54, 1.807) is 12.1 Å². The van der Waals surface area contributed by atoms with Gasteiger partial charge in [0.05, 0.1) is 17.3 Å². The number of aliphatic imine (C=N–C) groups is 1. The number of hydrogen-bond donors (Lipinski definition) is 5. The van der Waals surface area contributed by atoms with Crippen molar-refractivity contribution in [2.45, 2.75) is 12.5 Å². The van der Waals surface area contributed by atoms with Gasteiger partial charge >= 0.3 is 0 Å². The number of methoxy groups -OCH3 is 1. The van der Waals surface area contributed by atoms with Gasteiger partial charge < -0.3 is 31.6 Å². The van der Waals surface area contributed by atoms with Gasteiger partial charge in [-0.15, -0.1) is 0 Å². The highest BCUT2D eigenvalue weighted by molar-refractivity contribution is 9.10. The molecule has 1 aliphatic rings. The van der Waals surface area contributed by atoms with Crippen molar-refractivity contribution < 1.29 is 14.3 Å². The average Bonchev–Trinajstić information content (AvgIpc) is 2.92. The van der Waals surface area contributed by atoms with Crippen LogP contribution in [0.5, 0.6) is 11.5 Å². The summed E-state index contributed by atoms with van der Waals surface area (Å²) in [4.78, 5) is 21.2. The van der Waals surface area contributed by atoms with E-state index in [0.717, 1.165) is 5.56 Å². The van der Waals surface area contributed by atoms with Gasteiger partial charge in [0.2, 0.25) is 5.96 Å². The fourth-order valence-electron chi connectivity index (χ4n) is 4.04. The van der Waals surface area contributed by atoms with E-state index < -0.39 is 6.04 Å². The molecule has 0 bridgehead atoms. The van der Waals surface area contributed by atoms with Gasteiger partial charge in [-0.2, -0.15) is 10.5 Å². The molecule has 1 atom stereocenters. The molecule has 7 N–H and O–H groups in total. The van der Waals surface area contributed by atoms with E-state index in [0.29, 0.717) is 40.1 Å². The number of carbonyl (C=O) groups excluding carboxylic acids is 1. The summed E-state index contributed by atoms with van der Waals surface area (Å²) >= 11 is 3.49. The number of nitrogens with zero attached hydrogens (tertiary/aromatic N) is 4. The Morgan fingerprint density at radius 3 is 2.69 bits per heavy atom. The maximum Gasteiger partial charge on any atom is 0.257 e. The van der Waals surface area contributed by atoms with Crippen molar-refractivity contribution in [3.05, 3.63) is 69.2 Å². The van der Waals surface area contributed by atoms with Crippen LogP contribution in [0.15, 0.2) is 51.9 Å². The molecule has 2 heterocycles. The van der Waals surface area contributed by atoms with E-state index in [-0.39, 0.29) is 41.4 Å². The third kappa shape index (κ3) is 5.95. The first-order valence-electron chi connectivity index (χ1n) is 11.7. The molecule has 0 saturated heterocycles. The Bertz CT molecular complexity index is 1510. The number of ether oxygens (including phenoxy) is 2. The smallest absolute Gasteiger partial charge is 0.257 e. The average molecular weight is 590 g/mol. The molecule has 1 aromatic heterocycles. The third-order valence-corrected chi connectivity index (χ3v) is 6.44. The number of fused-ring (bicyclic) bond motifs is 1. The van der Waals surface area contributed by atoms with Gasteiger partial charge in [0, 0.05) is 12.1 Å². The second-order valence-corrected chi connectivity index (χ2v) is 9.16. The fraction of sp³-hybridized carbons (Fsp3) is 0.192. The lowest BCUT2D eigenvalue weighted by Gasteiger charge is -2.27. The molecule has 1 unspecified atom stereocenters. The molecule has 3 aromatic rings. The third-order valence-electron chi connectivity index (χ3n) is 5.85. The van der Waals surface area contributed by atoms with Crippen molar-refractivity contribution in [2.24, 2.45) is 4.99 Å². The van der Waals surface area contributed by atoms with Gasteiger partial charge in [0.25, 0.3) is 5.91 Å². The molecule has 12 nitrogen and oxygen atoms in total. The number of halogens is 1. The van der Waals surface area contributed by atoms with Crippen molar-refractivity contribution in [3.8, 4) is 23.8 Å². The van der Waals surface area contributed by atoms with Crippen LogP contribution in [0, 0.1) is 22.8 Å². The van der Waals surface area contributed by atoms with E-state index in [1.807, 2.05) is 42.6 Å². The summed E-state index contributed by atoms with van der Waals surface area (Å²) in [6.07, 6.45) is 2.51. The van der Waals surface area contributed by atoms with Gasteiger partial charge in [-0.25, -0.2) is 9.98 Å². The van der Waals surface area contributed by atoms with Crippen LogP contribution >= 0.6 is 15.9 Å². The summed E-state index contributed by atoms with van der Waals surface area (Å²) in [6.45, 7) is 0.246. The van der Waals surface area contributed by atoms with Crippen LogP contribution in [0.2, 0.25) is 0 Å². The van der Waals surface area contributed by atoms with Gasteiger partial charge in [0.15, 0.2) is 24.3 Å². The van der Waals surface area contributed by atoms with Crippen LogP contribution in [0.3, 0.4) is 0 Å². The van der Waals surface area contributed by atoms with Crippen LogP contribution in [0.4, 0.5) is 17.3 Å². The predicted molar refractivity (Wildman–Crippen MR) is 149 cm³/mol. The molecule has 1 amide bonds. The number of nitrogens with one attached hydrogen (secondary N) is 3. The molecule has 0 radical (unpaired) electrons. The zero-order valence-electron chi connectivity index (χ0n) is 20.8. The Morgan fingerprint density at radius 2 is 2.00 bits per heavy atom. The molecule has 0 aliphatic carbocycles. The minimum Gasteiger partial charge on any atom is -0.493 e. The number of hydrogen-bond acceptors (Lipinski definition) is 11. The first-order chi connectivity index (χ1) is 18.9. The number of aromatic nitrogens is 1. The number of pyridine rings is 1. The van der Waals surface area contributed by atoms with Gasteiger partial charge in [-0.3, -0.25) is 10.1 Å². The van der Waals surface area contributed by atoms with E-state index >= 15 is 0 Å². The summed E-state index contributed by atoms with van der Waals surface area (Å²) in [5.41, 5.74) is 14.5. The maximum atomic E-state index is 12.4. The SMILES string of the molecule is COc1cc(C2N=C(NC#N)Nc3nc(N)c(C#N)c(N)c32)cc(Br)c1OCC(=O)NCCc1ccccc1. The Hall–Kier alpha value is -5.01. The standard InChI is InChI=1S/C26H24BrN9O3/c1-38-18-10-15(9-17(27)23(18)39-12-19(37)32-8-7-14-5-3-2-4-6-14)22-20-21(30)16(11-28)24(31)35-25(20)36-26(34-22)33-13-29/h2-6,9-10,22H,7-8,12H2,1H3,(H,32,37)(H6,30,31,33,34,35,36). The first-order valence-corrected chi connectivity index (χ1v) is 12.4. The lowest BCUT2D eigenvalue weighted by molar-refractivity contribution is -0.123. The number of amides is 1. The Morgan fingerprint density at radius 1 is 1.23 bits per heavy atom. The van der Waals surface area contributed by atoms with Crippen molar-refractivity contribution in [1.82, 2.24) is 15.6 Å². The second-order valence-electron chi connectivity index (χ2n) is 8.31. The Kier molecular flexibility index (Phi) is 8.33. The molecule has 13 heteroatoms. The fourth-order valence-corrected chi connectivity index (χ4v) is 4.61. The number of rotatable bonds is 8. The first kappa shape index (κ1) is 27.0. The summed E-state index contributed by atoms with van der Waals surface area (Å²) in [7, 11) is 1.46. The molecule has 4 rings (SSSR count). The Balaban J connectivity index is 1.58. The highest BCUT2D eigenvalue weighted by Gasteiger charge is 2.31. The number of nitrogens with two attached hydrogens (primary N) is 2. The molecular weight excluding hydrogens is 566 g/mol. The predicted octanol–water partition coefficient (Wildman–Crippen LogP) is 2.57. The van der Waals surface area contributed by atoms with E-state index in [2.05, 4.69) is 41.9 Å². The molecule has 1 aliphatic heterocycles. The zero-order chi connectivity index (χ0) is 27.9. The van der Waals surface area contributed by atoms with Crippen molar-refractivity contribution in [1.29, 1.82) is 10.5 Å². The number of nitrogen functional groups attached to an aromatic ring is 2. The number of carbonyl (C=O) groups is 1. The zero-order valence-corrected chi connectivity index (χ0v) is 22.4. The number of anilines is 3. The molecule has 198 valence electrons. The van der Waals surface area contributed by atoms with Gasteiger partial charge in [0.1, 0.15) is 29.3 Å². The summed E-state index contributed by atoms with van der Waals surface area (Å²) in [5.74, 6) is 0.673. The number of guanidine groups is 1. The van der Waals surface area contributed by atoms with E-state index in [9.17, 15) is 10.1 Å². The second kappa shape index (κ2) is 12.0. The minimum atomic E-state index is -0.780. The van der Waals surface area contributed by atoms with E-state index in [1.165, 1.54) is 7.11 Å². The highest BCUT2D eigenvalue weighted by Crippen LogP contribution is 2.44. The molecule has 0 spiro atoms. The largest absolute Gasteiger partial charge is 0.493 e. The van der Waals surface area contributed by atoms with Crippen LogP contribution < -0.4 is 36.9 Å².